The van der Waals surface area contributed by atoms with Crippen molar-refractivity contribution in [1.29, 1.82) is 0 Å². The molecule has 2 fully saturated rings. The van der Waals surface area contributed by atoms with Crippen LogP contribution in [0, 0.1) is 17.3 Å². The fourth-order valence-corrected chi connectivity index (χ4v) is 2.78. The smallest absolute Gasteiger partial charge is 0.307 e. The van der Waals surface area contributed by atoms with Gasteiger partial charge in [-0.15, -0.1) is 0 Å². The summed E-state index contributed by atoms with van der Waals surface area (Å²) in [6.45, 7) is 6.91. The van der Waals surface area contributed by atoms with Crippen LogP contribution in [0.1, 0.15) is 13.8 Å². The van der Waals surface area contributed by atoms with Crippen LogP contribution < -0.4 is 0 Å². The average Bonchev–Trinajstić information content (AvgIpc) is 2.82. The summed E-state index contributed by atoms with van der Waals surface area (Å²) in [5.74, 6) is -1.66. The molecule has 0 aromatic heterocycles. The van der Waals surface area contributed by atoms with Gasteiger partial charge in [0.15, 0.2) is 0 Å². The Bertz CT molecular complexity index is 346. The van der Waals surface area contributed by atoms with Crippen molar-refractivity contribution < 1.29 is 14.7 Å². The SMILES string of the molecule is CN1CCN(C(=O)[C@@H]2[C@@H](C(=O)O)C2(C)C)CC1. The van der Waals surface area contributed by atoms with Crippen LogP contribution in [0.2, 0.25) is 0 Å². The molecule has 0 unspecified atom stereocenters. The molecule has 17 heavy (non-hydrogen) atoms. The highest BCUT2D eigenvalue weighted by molar-refractivity contribution is 5.91. The van der Waals surface area contributed by atoms with Gasteiger partial charge in [0.2, 0.25) is 5.91 Å². The first-order valence-electron chi connectivity index (χ1n) is 6.06. The van der Waals surface area contributed by atoms with Crippen LogP contribution in [0.25, 0.3) is 0 Å². The third-order valence-electron chi connectivity index (χ3n) is 4.17. The summed E-state index contributed by atoms with van der Waals surface area (Å²) in [4.78, 5) is 27.3. The molecule has 0 radical (unpaired) electrons. The number of hydrogen-bond donors (Lipinski definition) is 1. The first-order valence-corrected chi connectivity index (χ1v) is 6.06. The summed E-state index contributed by atoms with van der Waals surface area (Å²) in [6, 6.07) is 0. The van der Waals surface area contributed by atoms with Crippen molar-refractivity contribution in [2.45, 2.75) is 13.8 Å². The second-order valence-electron chi connectivity index (χ2n) is 5.74. The fourth-order valence-electron chi connectivity index (χ4n) is 2.78. The normalized spacial score (nSPS) is 32.3. The minimum absolute atomic E-state index is 0.0236. The lowest BCUT2D eigenvalue weighted by atomic mass is 10.1. The van der Waals surface area contributed by atoms with Crippen LogP contribution in [-0.2, 0) is 9.59 Å². The summed E-state index contributed by atoms with van der Waals surface area (Å²) >= 11 is 0. The lowest BCUT2D eigenvalue weighted by Crippen LogP contribution is -2.48. The first kappa shape index (κ1) is 12.4. The van der Waals surface area contributed by atoms with Gasteiger partial charge in [-0.2, -0.15) is 0 Å². The molecule has 0 bridgehead atoms. The number of carboxylic acid groups (broad SMARTS) is 1. The van der Waals surface area contributed by atoms with E-state index in [1.807, 2.05) is 25.8 Å². The van der Waals surface area contributed by atoms with E-state index in [-0.39, 0.29) is 17.2 Å². The summed E-state index contributed by atoms with van der Waals surface area (Å²) in [7, 11) is 2.03. The molecule has 0 aromatic carbocycles. The molecule has 5 nitrogen and oxygen atoms in total. The maximum absolute atomic E-state index is 12.2. The Morgan fingerprint density at radius 3 is 2.06 bits per heavy atom. The maximum Gasteiger partial charge on any atom is 0.307 e. The number of hydrogen-bond acceptors (Lipinski definition) is 3. The van der Waals surface area contributed by atoms with E-state index in [0.29, 0.717) is 13.1 Å². The highest BCUT2D eigenvalue weighted by Gasteiger charge is 2.66. The summed E-state index contributed by atoms with van der Waals surface area (Å²) in [5, 5.41) is 9.07. The van der Waals surface area contributed by atoms with Crippen molar-refractivity contribution in [2.75, 3.05) is 33.2 Å². The van der Waals surface area contributed by atoms with Crippen LogP contribution in [0.5, 0.6) is 0 Å². The van der Waals surface area contributed by atoms with Gasteiger partial charge < -0.3 is 14.9 Å². The van der Waals surface area contributed by atoms with Crippen LogP contribution in [0.15, 0.2) is 0 Å². The number of rotatable bonds is 2. The maximum atomic E-state index is 12.2. The number of piperazine rings is 1. The monoisotopic (exact) mass is 240 g/mol. The van der Waals surface area contributed by atoms with E-state index in [1.165, 1.54) is 0 Å². The molecule has 1 N–H and O–H groups in total. The number of carbonyl (C=O) groups excluding carboxylic acids is 1. The minimum Gasteiger partial charge on any atom is -0.481 e. The third kappa shape index (κ3) is 2.04. The molecule has 0 aromatic rings. The predicted octanol–water partition coefficient (Wildman–Crippen LogP) is 0.117. The Balaban J connectivity index is 2.00. The van der Waals surface area contributed by atoms with Crippen molar-refractivity contribution in [2.24, 2.45) is 17.3 Å². The van der Waals surface area contributed by atoms with Gasteiger partial charge in [0, 0.05) is 26.2 Å². The Hall–Kier alpha value is -1.10. The Labute approximate surface area is 101 Å². The zero-order valence-electron chi connectivity index (χ0n) is 10.6. The molecule has 96 valence electrons. The van der Waals surface area contributed by atoms with Crippen molar-refractivity contribution >= 4 is 11.9 Å². The molecule has 2 rings (SSSR count). The minimum atomic E-state index is -0.845. The molecule has 1 aliphatic carbocycles. The molecule has 2 atom stereocenters. The number of carbonyl (C=O) groups is 2. The lowest BCUT2D eigenvalue weighted by Gasteiger charge is -2.32. The Morgan fingerprint density at radius 1 is 1.12 bits per heavy atom. The zero-order chi connectivity index (χ0) is 12.8. The second kappa shape index (κ2) is 3.98. The van der Waals surface area contributed by atoms with Crippen LogP contribution in [-0.4, -0.2) is 60.0 Å². The molecule has 0 spiro atoms. The van der Waals surface area contributed by atoms with E-state index >= 15 is 0 Å². The van der Waals surface area contributed by atoms with Gasteiger partial charge in [-0.25, -0.2) is 0 Å². The van der Waals surface area contributed by atoms with Gasteiger partial charge in [-0.3, -0.25) is 9.59 Å². The Morgan fingerprint density at radius 2 is 1.65 bits per heavy atom. The van der Waals surface area contributed by atoms with Crippen LogP contribution in [0.3, 0.4) is 0 Å². The molecule has 1 saturated carbocycles. The second-order valence-corrected chi connectivity index (χ2v) is 5.74. The number of likely N-dealkylation sites (N-methyl/N-ethyl adjacent to an activating group) is 1. The van der Waals surface area contributed by atoms with Gasteiger partial charge in [-0.1, -0.05) is 13.8 Å². The summed E-state index contributed by atoms with van der Waals surface area (Å²) in [5.41, 5.74) is -0.383. The topological polar surface area (TPSA) is 60.9 Å². The highest BCUT2D eigenvalue weighted by atomic mass is 16.4. The molecular formula is C12H20N2O3. The van der Waals surface area contributed by atoms with E-state index in [4.69, 9.17) is 5.11 Å². The van der Waals surface area contributed by atoms with Crippen LogP contribution in [0.4, 0.5) is 0 Å². The van der Waals surface area contributed by atoms with E-state index < -0.39 is 11.9 Å². The number of carboxylic acids is 1. The summed E-state index contributed by atoms with van der Waals surface area (Å²) < 4.78 is 0. The first-order chi connectivity index (χ1) is 7.85. The average molecular weight is 240 g/mol. The van der Waals surface area contributed by atoms with Gasteiger partial charge >= 0.3 is 5.97 Å². The van der Waals surface area contributed by atoms with Crippen molar-refractivity contribution in [3.05, 3.63) is 0 Å². The summed E-state index contributed by atoms with van der Waals surface area (Å²) in [6.07, 6.45) is 0. The standard InChI is InChI=1S/C12H20N2O3/c1-12(2)8(9(12)11(16)17)10(15)14-6-4-13(3)5-7-14/h8-9H,4-7H2,1-3H3,(H,16,17)/t8-,9-/m0/s1. The van der Waals surface area contributed by atoms with E-state index in [0.717, 1.165) is 13.1 Å². The number of amides is 1. The van der Waals surface area contributed by atoms with E-state index in [2.05, 4.69) is 4.90 Å². The molecule has 2 aliphatic rings. The predicted molar refractivity (Wildman–Crippen MR) is 62.5 cm³/mol. The largest absolute Gasteiger partial charge is 0.481 e. The highest BCUT2D eigenvalue weighted by Crippen LogP contribution is 2.59. The quantitative estimate of drug-likeness (QED) is 0.744. The number of nitrogens with zero attached hydrogens (tertiary/aromatic N) is 2. The van der Waals surface area contributed by atoms with E-state index in [1.54, 1.807) is 0 Å². The van der Waals surface area contributed by atoms with Gasteiger partial charge in [0.25, 0.3) is 0 Å². The van der Waals surface area contributed by atoms with Crippen molar-refractivity contribution in [3.8, 4) is 0 Å². The molecular weight excluding hydrogens is 220 g/mol. The number of aliphatic carboxylic acids is 1. The third-order valence-corrected chi connectivity index (χ3v) is 4.17. The van der Waals surface area contributed by atoms with Crippen molar-refractivity contribution in [1.82, 2.24) is 9.80 Å². The molecule has 1 saturated heterocycles. The molecule has 1 amide bonds. The lowest BCUT2D eigenvalue weighted by molar-refractivity contribution is -0.142. The molecule has 1 heterocycles. The van der Waals surface area contributed by atoms with Gasteiger partial charge in [-0.05, 0) is 12.5 Å². The molecule has 5 heteroatoms. The van der Waals surface area contributed by atoms with E-state index in [9.17, 15) is 9.59 Å². The van der Waals surface area contributed by atoms with Crippen LogP contribution >= 0.6 is 0 Å². The molecule has 1 aliphatic heterocycles. The van der Waals surface area contributed by atoms with Crippen molar-refractivity contribution in [3.63, 3.8) is 0 Å². The van der Waals surface area contributed by atoms with Gasteiger partial charge in [0.1, 0.15) is 0 Å². The van der Waals surface area contributed by atoms with Gasteiger partial charge in [0.05, 0.1) is 11.8 Å². The fraction of sp³-hybridized carbons (Fsp3) is 0.833. The Kier molecular flexibility index (Phi) is 2.89. The zero-order valence-corrected chi connectivity index (χ0v) is 10.6.